The Bertz CT molecular complexity index is 442. The molecule has 1 aromatic rings. The van der Waals surface area contributed by atoms with Crippen LogP contribution < -0.4 is 10.2 Å². The number of rotatable bonds is 1. The van der Waals surface area contributed by atoms with Crippen LogP contribution in [0.1, 0.15) is 27.2 Å². The number of benzene rings is 1. The fraction of sp³-hybridized carbons (Fsp3) is 0.600. The molecule has 1 saturated heterocycles. The molecule has 1 atom stereocenters. The maximum Gasteiger partial charge on any atom is 0.147 e. The zero-order valence-electron chi connectivity index (χ0n) is 11.8. The minimum absolute atomic E-state index is 0.149. The topological polar surface area (TPSA) is 15.3 Å². The van der Waals surface area contributed by atoms with Crippen LogP contribution in [-0.2, 0) is 0 Å². The van der Waals surface area contributed by atoms with Crippen molar-refractivity contribution in [2.24, 2.45) is 5.41 Å². The SMILES string of the molecule is CC(C)(C)C1CN(c2ccc(Br)cc2F)CCCN1. The van der Waals surface area contributed by atoms with Gasteiger partial charge in [0.2, 0.25) is 0 Å². The molecular formula is C15H22BrFN2. The molecule has 2 rings (SSSR count). The van der Waals surface area contributed by atoms with Gasteiger partial charge in [-0.3, -0.25) is 0 Å². The summed E-state index contributed by atoms with van der Waals surface area (Å²) >= 11 is 3.31. The average Bonchev–Trinajstić information content (AvgIpc) is 2.54. The molecule has 0 spiro atoms. The molecule has 0 bridgehead atoms. The summed E-state index contributed by atoms with van der Waals surface area (Å²) < 4.78 is 14.9. The van der Waals surface area contributed by atoms with Gasteiger partial charge >= 0.3 is 0 Å². The van der Waals surface area contributed by atoms with Crippen LogP contribution in [0.3, 0.4) is 0 Å². The van der Waals surface area contributed by atoms with Crippen molar-refractivity contribution in [3.8, 4) is 0 Å². The van der Waals surface area contributed by atoms with Crippen LogP contribution in [0.25, 0.3) is 0 Å². The maximum absolute atomic E-state index is 14.1. The molecule has 1 heterocycles. The Labute approximate surface area is 123 Å². The van der Waals surface area contributed by atoms with Gasteiger partial charge in [-0.1, -0.05) is 36.7 Å². The van der Waals surface area contributed by atoms with Gasteiger partial charge in [0.05, 0.1) is 5.69 Å². The number of hydrogen-bond acceptors (Lipinski definition) is 2. The van der Waals surface area contributed by atoms with Crippen LogP contribution in [0.2, 0.25) is 0 Å². The average molecular weight is 329 g/mol. The fourth-order valence-electron chi connectivity index (χ4n) is 2.46. The summed E-state index contributed by atoms with van der Waals surface area (Å²) in [5.41, 5.74) is 0.884. The van der Waals surface area contributed by atoms with Gasteiger partial charge < -0.3 is 10.2 Å². The van der Waals surface area contributed by atoms with Crippen molar-refractivity contribution in [1.29, 1.82) is 0 Å². The van der Waals surface area contributed by atoms with Crippen LogP contribution in [0.4, 0.5) is 10.1 Å². The van der Waals surface area contributed by atoms with Crippen LogP contribution in [0.15, 0.2) is 22.7 Å². The normalized spacial score (nSPS) is 21.3. The van der Waals surface area contributed by atoms with Crippen molar-refractivity contribution in [3.63, 3.8) is 0 Å². The van der Waals surface area contributed by atoms with Crippen LogP contribution in [0, 0.1) is 11.2 Å². The monoisotopic (exact) mass is 328 g/mol. The van der Waals surface area contributed by atoms with Crippen LogP contribution in [-0.4, -0.2) is 25.7 Å². The van der Waals surface area contributed by atoms with Crippen LogP contribution in [0.5, 0.6) is 0 Å². The van der Waals surface area contributed by atoms with Crippen molar-refractivity contribution in [2.75, 3.05) is 24.5 Å². The number of anilines is 1. The smallest absolute Gasteiger partial charge is 0.147 e. The molecular weight excluding hydrogens is 307 g/mol. The van der Waals surface area contributed by atoms with E-state index in [1.165, 1.54) is 0 Å². The summed E-state index contributed by atoms with van der Waals surface area (Å²) in [7, 11) is 0. The summed E-state index contributed by atoms with van der Waals surface area (Å²) in [5, 5.41) is 3.58. The second-order valence-electron chi connectivity index (χ2n) is 6.27. The van der Waals surface area contributed by atoms with Gasteiger partial charge in [-0.05, 0) is 36.6 Å². The third-order valence-electron chi connectivity index (χ3n) is 3.69. The predicted molar refractivity (Wildman–Crippen MR) is 82.2 cm³/mol. The highest BCUT2D eigenvalue weighted by atomic mass is 79.9. The molecule has 106 valence electrons. The molecule has 19 heavy (non-hydrogen) atoms. The summed E-state index contributed by atoms with van der Waals surface area (Å²) in [5.74, 6) is -0.149. The molecule has 4 heteroatoms. The van der Waals surface area contributed by atoms with E-state index >= 15 is 0 Å². The van der Waals surface area contributed by atoms with Crippen molar-refractivity contribution in [1.82, 2.24) is 5.32 Å². The number of nitrogens with zero attached hydrogens (tertiary/aromatic N) is 1. The quantitative estimate of drug-likeness (QED) is 0.843. The highest BCUT2D eigenvalue weighted by Gasteiger charge is 2.28. The number of nitrogens with one attached hydrogen (secondary N) is 1. The third kappa shape index (κ3) is 3.69. The molecule has 2 nitrogen and oxygen atoms in total. The molecule has 1 fully saturated rings. The maximum atomic E-state index is 14.1. The highest BCUT2D eigenvalue weighted by Crippen LogP contribution is 2.27. The van der Waals surface area contributed by atoms with Gasteiger partial charge in [-0.25, -0.2) is 4.39 Å². The Morgan fingerprint density at radius 2 is 2.11 bits per heavy atom. The standard InChI is InChI=1S/C15H22BrFN2/c1-15(2,3)14-10-19(8-4-7-18-14)13-6-5-11(16)9-12(13)17/h5-6,9,14,18H,4,7-8,10H2,1-3H3. The zero-order chi connectivity index (χ0) is 14.0. The summed E-state index contributed by atoms with van der Waals surface area (Å²) in [6, 6.07) is 5.69. The highest BCUT2D eigenvalue weighted by molar-refractivity contribution is 9.10. The molecule has 0 radical (unpaired) electrons. The molecule has 1 N–H and O–H groups in total. The van der Waals surface area contributed by atoms with Crippen molar-refractivity contribution in [2.45, 2.75) is 33.2 Å². The summed E-state index contributed by atoms with van der Waals surface area (Å²) in [4.78, 5) is 2.16. The van der Waals surface area contributed by atoms with Gasteiger partial charge in [0.1, 0.15) is 5.82 Å². The molecule has 0 aromatic heterocycles. The minimum atomic E-state index is -0.149. The second kappa shape index (κ2) is 5.80. The minimum Gasteiger partial charge on any atom is -0.368 e. The van der Waals surface area contributed by atoms with E-state index in [2.05, 4.69) is 46.9 Å². The Hall–Kier alpha value is -0.610. The first-order valence-electron chi connectivity index (χ1n) is 6.81. The van der Waals surface area contributed by atoms with E-state index in [0.29, 0.717) is 11.7 Å². The lowest BCUT2D eigenvalue weighted by atomic mass is 9.86. The first-order valence-corrected chi connectivity index (χ1v) is 7.60. The van der Waals surface area contributed by atoms with E-state index in [-0.39, 0.29) is 11.2 Å². The summed E-state index contributed by atoms with van der Waals surface area (Å²) in [6.45, 7) is 9.43. The second-order valence-corrected chi connectivity index (χ2v) is 7.18. The van der Waals surface area contributed by atoms with Gasteiger partial charge in [-0.2, -0.15) is 0 Å². The van der Waals surface area contributed by atoms with Gasteiger partial charge in [-0.15, -0.1) is 0 Å². The zero-order valence-corrected chi connectivity index (χ0v) is 13.4. The Kier molecular flexibility index (Phi) is 4.51. The van der Waals surface area contributed by atoms with E-state index in [0.717, 1.165) is 30.5 Å². The van der Waals surface area contributed by atoms with E-state index in [1.54, 1.807) is 6.07 Å². The van der Waals surface area contributed by atoms with Gasteiger partial charge in [0.15, 0.2) is 0 Å². The molecule has 0 aliphatic carbocycles. The first kappa shape index (κ1) is 14.8. The fourth-order valence-corrected chi connectivity index (χ4v) is 2.79. The number of halogens is 2. The number of hydrogen-bond donors (Lipinski definition) is 1. The Balaban J connectivity index is 2.22. The molecule has 0 saturated carbocycles. The van der Waals surface area contributed by atoms with E-state index in [1.807, 2.05) is 12.1 Å². The first-order chi connectivity index (χ1) is 8.88. The molecule has 1 unspecified atom stereocenters. The largest absolute Gasteiger partial charge is 0.368 e. The lowest BCUT2D eigenvalue weighted by molar-refractivity contribution is 0.280. The van der Waals surface area contributed by atoms with E-state index < -0.39 is 0 Å². The lowest BCUT2D eigenvalue weighted by Gasteiger charge is -2.34. The van der Waals surface area contributed by atoms with E-state index in [9.17, 15) is 4.39 Å². The molecule has 1 aliphatic heterocycles. The lowest BCUT2D eigenvalue weighted by Crippen LogP contribution is -2.46. The van der Waals surface area contributed by atoms with Gasteiger partial charge in [0.25, 0.3) is 0 Å². The van der Waals surface area contributed by atoms with E-state index in [4.69, 9.17) is 0 Å². The van der Waals surface area contributed by atoms with Crippen LogP contribution >= 0.6 is 15.9 Å². The molecule has 1 aromatic carbocycles. The molecule has 0 amide bonds. The molecule has 1 aliphatic rings. The van der Waals surface area contributed by atoms with Crippen molar-refractivity contribution in [3.05, 3.63) is 28.5 Å². The Morgan fingerprint density at radius 3 is 2.74 bits per heavy atom. The Morgan fingerprint density at radius 1 is 1.37 bits per heavy atom. The third-order valence-corrected chi connectivity index (χ3v) is 4.19. The van der Waals surface area contributed by atoms with Gasteiger partial charge in [0, 0.05) is 23.6 Å². The predicted octanol–water partition coefficient (Wildman–Crippen LogP) is 3.80. The van der Waals surface area contributed by atoms with Crippen molar-refractivity contribution >= 4 is 21.6 Å². The van der Waals surface area contributed by atoms with Crippen molar-refractivity contribution < 1.29 is 4.39 Å². The summed E-state index contributed by atoms with van der Waals surface area (Å²) in [6.07, 6.45) is 1.04.